The molecule has 0 radical (unpaired) electrons. The average molecular weight is 465 g/mol. The lowest BCUT2D eigenvalue weighted by atomic mass is 10.2. The molecule has 2 aromatic rings. The van der Waals surface area contributed by atoms with Crippen LogP contribution in [0, 0.1) is 0 Å². The topological polar surface area (TPSA) is 84.0 Å². The highest BCUT2D eigenvalue weighted by atomic mass is 35.5. The van der Waals surface area contributed by atoms with E-state index in [0.29, 0.717) is 26.2 Å². The van der Waals surface area contributed by atoms with Gasteiger partial charge in [0.1, 0.15) is 4.90 Å². The van der Waals surface area contributed by atoms with E-state index < -0.39 is 22.6 Å². The summed E-state index contributed by atoms with van der Waals surface area (Å²) < 4.78 is 32.2. The van der Waals surface area contributed by atoms with Gasteiger partial charge in [0.2, 0.25) is 10.0 Å². The minimum absolute atomic E-state index is 0.0288. The monoisotopic (exact) mass is 464 g/mol. The number of rotatable bonds is 8. The van der Waals surface area contributed by atoms with Gasteiger partial charge in [-0.3, -0.25) is 4.79 Å². The zero-order valence-corrected chi connectivity index (χ0v) is 18.9. The van der Waals surface area contributed by atoms with E-state index in [1.807, 2.05) is 37.3 Å². The second-order valence-corrected chi connectivity index (χ2v) is 9.54. The molecule has 1 aliphatic rings. The van der Waals surface area contributed by atoms with Crippen LogP contribution in [-0.2, 0) is 26.1 Å². The molecular formula is C22H25ClN2O5S. The quantitative estimate of drug-likeness (QED) is 0.559. The van der Waals surface area contributed by atoms with Gasteiger partial charge in [0.15, 0.2) is 6.61 Å². The summed E-state index contributed by atoms with van der Waals surface area (Å²) in [5, 5.41) is 0.0412. The zero-order chi connectivity index (χ0) is 22.4. The van der Waals surface area contributed by atoms with Crippen LogP contribution in [0.15, 0.2) is 53.4 Å². The summed E-state index contributed by atoms with van der Waals surface area (Å²) in [4.78, 5) is 26.4. The van der Waals surface area contributed by atoms with Gasteiger partial charge in [0.25, 0.3) is 5.91 Å². The fourth-order valence-electron chi connectivity index (χ4n) is 3.38. The Morgan fingerprint density at radius 3 is 2.42 bits per heavy atom. The van der Waals surface area contributed by atoms with Crippen molar-refractivity contribution in [3.63, 3.8) is 0 Å². The molecule has 0 aliphatic carbocycles. The second-order valence-electron chi connectivity index (χ2n) is 7.23. The van der Waals surface area contributed by atoms with Crippen LogP contribution in [0.3, 0.4) is 0 Å². The Labute approximate surface area is 187 Å². The number of likely N-dealkylation sites (N-methyl/N-ethyl adjacent to an activating group) is 1. The van der Waals surface area contributed by atoms with Gasteiger partial charge >= 0.3 is 5.97 Å². The lowest BCUT2D eigenvalue weighted by molar-refractivity contribution is -0.134. The Morgan fingerprint density at radius 1 is 1.10 bits per heavy atom. The van der Waals surface area contributed by atoms with Gasteiger partial charge in [0.05, 0.1) is 10.6 Å². The summed E-state index contributed by atoms with van der Waals surface area (Å²) in [6, 6.07) is 13.5. The number of nitrogens with zero attached hydrogens (tertiary/aromatic N) is 2. The number of carbonyl (C=O) groups excluding carboxylic acids is 2. The molecule has 1 aliphatic heterocycles. The van der Waals surface area contributed by atoms with E-state index in [4.69, 9.17) is 16.3 Å². The van der Waals surface area contributed by atoms with Gasteiger partial charge in [-0.2, -0.15) is 4.31 Å². The summed E-state index contributed by atoms with van der Waals surface area (Å²) >= 11 is 6.11. The molecular weight excluding hydrogens is 440 g/mol. The fourth-order valence-corrected chi connectivity index (χ4v) is 5.40. The first-order valence-electron chi connectivity index (χ1n) is 10.1. The molecule has 3 rings (SSSR count). The van der Waals surface area contributed by atoms with Gasteiger partial charge in [-0.25, -0.2) is 13.2 Å². The lowest BCUT2D eigenvalue weighted by Gasteiger charge is -2.21. The number of ether oxygens (including phenoxy) is 1. The van der Waals surface area contributed by atoms with Crippen molar-refractivity contribution in [1.29, 1.82) is 0 Å². The zero-order valence-electron chi connectivity index (χ0n) is 17.3. The van der Waals surface area contributed by atoms with Gasteiger partial charge in [-0.15, -0.1) is 0 Å². The normalized spacial score (nSPS) is 14.4. The van der Waals surface area contributed by atoms with Crippen molar-refractivity contribution in [2.45, 2.75) is 31.2 Å². The van der Waals surface area contributed by atoms with Crippen LogP contribution in [0.4, 0.5) is 0 Å². The molecule has 1 fully saturated rings. The molecule has 0 atom stereocenters. The van der Waals surface area contributed by atoms with Crippen LogP contribution >= 0.6 is 11.6 Å². The van der Waals surface area contributed by atoms with Gasteiger partial charge in [-0.05, 0) is 43.5 Å². The van der Waals surface area contributed by atoms with E-state index in [1.54, 1.807) is 4.90 Å². The highest BCUT2D eigenvalue weighted by molar-refractivity contribution is 7.89. The van der Waals surface area contributed by atoms with Crippen molar-refractivity contribution < 1.29 is 22.7 Å². The number of hydrogen-bond donors (Lipinski definition) is 0. The summed E-state index contributed by atoms with van der Waals surface area (Å²) in [6.07, 6.45) is 1.58. The van der Waals surface area contributed by atoms with Crippen molar-refractivity contribution in [1.82, 2.24) is 9.21 Å². The molecule has 1 heterocycles. The molecule has 166 valence electrons. The minimum Gasteiger partial charge on any atom is -0.452 e. The second kappa shape index (κ2) is 10.3. The Balaban J connectivity index is 1.67. The number of esters is 1. The van der Waals surface area contributed by atoms with Crippen molar-refractivity contribution in [2.24, 2.45) is 0 Å². The summed E-state index contributed by atoms with van der Waals surface area (Å²) in [5.74, 6) is -1.11. The van der Waals surface area contributed by atoms with Gasteiger partial charge < -0.3 is 9.64 Å². The third-order valence-electron chi connectivity index (χ3n) is 5.13. The van der Waals surface area contributed by atoms with Crippen molar-refractivity contribution in [2.75, 3.05) is 26.2 Å². The van der Waals surface area contributed by atoms with Crippen molar-refractivity contribution in [3.05, 3.63) is 64.7 Å². The molecule has 0 saturated carbocycles. The Morgan fingerprint density at radius 2 is 1.77 bits per heavy atom. The van der Waals surface area contributed by atoms with E-state index >= 15 is 0 Å². The summed E-state index contributed by atoms with van der Waals surface area (Å²) in [5.41, 5.74) is 1.000. The molecule has 1 saturated heterocycles. The third kappa shape index (κ3) is 5.64. The molecule has 1 amide bonds. The first-order valence-corrected chi connectivity index (χ1v) is 11.9. The molecule has 0 spiro atoms. The summed E-state index contributed by atoms with van der Waals surface area (Å²) in [7, 11) is -3.79. The molecule has 0 aromatic heterocycles. The van der Waals surface area contributed by atoms with Crippen LogP contribution in [0.1, 0.15) is 35.7 Å². The number of carbonyl (C=O) groups is 2. The van der Waals surface area contributed by atoms with Crippen LogP contribution in [-0.4, -0.2) is 55.7 Å². The molecule has 9 heteroatoms. The maximum Gasteiger partial charge on any atom is 0.338 e. The molecule has 0 N–H and O–H groups in total. The van der Waals surface area contributed by atoms with Gasteiger partial charge in [-0.1, -0.05) is 41.9 Å². The van der Waals surface area contributed by atoms with E-state index in [2.05, 4.69) is 0 Å². The number of amides is 1. The number of hydrogen-bond acceptors (Lipinski definition) is 5. The predicted octanol–water partition coefficient (Wildman–Crippen LogP) is 3.33. The molecule has 0 unspecified atom stereocenters. The standard InChI is InChI=1S/C22H25ClN2O5S/c1-2-24(15-17-8-4-3-5-9-17)21(26)16-30-22(27)18-10-11-19(23)20(14-18)31(28,29)25-12-6-7-13-25/h3-5,8-11,14H,2,6-7,12-13,15-16H2,1H3. The smallest absolute Gasteiger partial charge is 0.338 e. The predicted molar refractivity (Wildman–Crippen MR) is 117 cm³/mol. The Kier molecular flexibility index (Phi) is 7.69. The third-order valence-corrected chi connectivity index (χ3v) is 7.51. The molecule has 2 aromatic carbocycles. The largest absolute Gasteiger partial charge is 0.452 e. The van der Waals surface area contributed by atoms with E-state index in [0.717, 1.165) is 18.4 Å². The highest BCUT2D eigenvalue weighted by Crippen LogP contribution is 2.28. The van der Waals surface area contributed by atoms with Crippen LogP contribution < -0.4 is 0 Å². The van der Waals surface area contributed by atoms with Crippen molar-refractivity contribution >= 4 is 33.5 Å². The number of halogens is 1. The van der Waals surface area contributed by atoms with Crippen LogP contribution in [0.2, 0.25) is 5.02 Å². The van der Waals surface area contributed by atoms with Crippen LogP contribution in [0.5, 0.6) is 0 Å². The lowest BCUT2D eigenvalue weighted by Crippen LogP contribution is -2.34. The first-order chi connectivity index (χ1) is 14.8. The Hall–Kier alpha value is -2.42. The maximum atomic E-state index is 12.8. The van der Waals surface area contributed by atoms with Gasteiger partial charge in [0, 0.05) is 26.2 Å². The molecule has 31 heavy (non-hydrogen) atoms. The van der Waals surface area contributed by atoms with Crippen molar-refractivity contribution in [3.8, 4) is 0 Å². The van der Waals surface area contributed by atoms with E-state index in [-0.39, 0.29) is 21.4 Å². The molecule has 0 bridgehead atoms. The van der Waals surface area contributed by atoms with E-state index in [9.17, 15) is 18.0 Å². The number of benzene rings is 2. The Bertz CT molecular complexity index is 1040. The number of sulfonamides is 1. The average Bonchev–Trinajstić information content (AvgIpc) is 3.32. The van der Waals surface area contributed by atoms with Crippen LogP contribution in [0.25, 0.3) is 0 Å². The fraction of sp³-hybridized carbons (Fsp3) is 0.364. The highest BCUT2D eigenvalue weighted by Gasteiger charge is 2.30. The summed E-state index contributed by atoms with van der Waals surface area (Å²) in [6.45, 7) is 3.14. The minimum atomic E-state index is -3.79. The maximum absolute atomic E-state index is 12.8. The first kappa shape index (κ1) is 23.2. The molecule has 7 nitrogen and oxygen atoms in total. The SMILES string of the molecule is CCN(Cc1ccccc1)C(=O)COC(=O)c1ccc(Cl)c(S(=O)(=O)N2CCCC2)c1. The van der Waals surface area contributed by atoms with E-state index in [1.165, 1.54) is 22.5 Å².